The lowest BCUT2D eigenvalue weighted by atomic mass is 10.4. The van der Waals surface area contributed by atoms with Crippen molar-refractivity contribution in [1.82, 2.24) is 14.3 Å². The van der Waals surface area contributed by atoms with Crippen LogP contribution in [0.5, 0.6) is 0 Å². The van der Waals surface area contributed by atoms with E-state index in [-0.39, 0.29) is 0 Å². The predicted molar refractivity (Wildman–Crippen MR) is 82.6 cm³/mol. The zero-order valence-corrected chi connectivity index (χ0v) is 13.2. The molecule has 110 valence electrons. The van der Waals surface area contributed by atoms with Gasteiger partial charge in [-0.2, -0.15) is 0 Å². The molecule has 0 amide bonds. The van der Waals surface area contributed by atoms with E-state index in [0.717, 1.165) is 22.5 Å². The number of hydrogen-bond donors (Lipinski definition) is 1. The van der Waals surface area contributed by atoms with Crippen LogP contribution in [0.1, 0.15) is 13.3 Å². The van der Waals surface area contributed by atoms with E-state index in [0.29, 0.717) is 19.6 Å². The van der Waals surface area contributed by atoms with E-state index in [4.69, 9.17) is 0 Å². The first kappa shape index (κ1) is 15.1. The first-order chi connectivity index (χ1) is 9.52. The lowest BCUT2D eigenvalue weighted by molar-refractivity contribution is 0.428. The second kappa shape index (κ2) is 6.47. The fraction of sp³-hybridized carbons (Fsp3) is 0.500. The minimum absolute atomic E-state index is 0.501. The molecule has 0 aromatic carbocycles. The number of fused-ring (bicyclic) bond motifs is 1. The summed E-state index contributed by atoms with van der Waals surface area (Å²) in [7, 11) is -3.10. The van der Waals surface area contributed by atoms with Gasteiger partial charge in [0.05, 0.1) is 16.5 Å². The van der Waals surface area contributed by atoms with Crippen molar-refractivity contribution in [1.29, 1.82) is 0 Å². The maximum Gasteiger partial charge on any atom is 0.211 e. The first-order valence-corrected chi connectivity index (χ1v) is 9.12. The van der Waals surface area contributed by atoms with Crippen molar-refractivity contribution in [2.45, 2.75) is 13.3 Å². The number of nitrogens with zero attached hydrogens (tertiary/aromatic N) is 3. The van der Waals surface area contributed by atoms with Crippen molar-refractivity contribution in [2.75, 3.05) is 31.2 Å². The van der Waals surface area contributed by atoms with Crippen LogP contribution in [0.2, 0.25) is 0 Å². The smallest absolute Gasteiger partial charge is 0.211 e. The molecule has 2 aromatic heterocycles. The number of hydrogen-bond acceptors (Lipinski definition) is 6. The van der Waals surface area contributed by atoms with Crippen LogP contribution in [0.3, 0.4) is 0 Å². The van der Waals surface area contributed by atoms with Crippen LogP contribution in [-0.2, 0) is 10.0 Å². The van der Waals surface area contributed by atoms with Crippen LogP contribution in [0.4, 0.5) is 5.82 Å². The Bertz CT molecular complexity index is 669. The average Bonchev–Trinajstić information content (AvgIpc) is 2.86. The van der Waals surface area contributed by atoms with Crippen molar-refractivity contribution in [3.63, 3.8) is 0 Å². The fourth-order valence-corrected chi connectivity index (χ4v) is 3.68. The molecule has 0 radical (unpaired) electrons. The van der Waals surface area contributed by atoms with E-state index in [1.807, 2.05) is 18.4 Å². The number of nitrogens with one attached hydrogen (secondary N) is 1. The van der Waals surface area contributed by atoms with Gasteiger partial charge in [0.2, 0.25) is 10.0 Å². The van der Waals surface area contributed by atoms with Gasteiger partial charge in [0.15, 0.2) is 0 Å². The molecule has 0 saturated carbocycles. The Hall–Kier alpha value is -1.25. The topological polar surface area (TPSA) is 75.2 Å². The van der Waals surface area contributed by atoms with Crippen LogP contribution in [0, 0.1) is 0 Å². The van der Waals surface area contributed by atoms with E-state index in [2.05, 4.69) is 15.3 Å². The molecule has 2 heterocycles. The summed E-state index contributed by atoms with van der Waals surface area (Å²) in [6, 6.07) is 1.95. The molecule has 1 N–H and O–H groups in total. The van der Waals surface area contributed by atoms with Crippen molar-refractivity contribution >= 4 is 37.4 Å². The van der Waals surface area contributed by atoms with Crippen molar-refractivity contribution < 1.29 is 8.42 Å². The van der Waals surface area contributed by atoms with Gasteiger partial charge in [0, 0.05) is 19.6 Å². The lowest BCUT2D eigenvalue weighted by Crippen LogP contribution is -2.31. The molecule has 20 heavy (non-hydrogen) atoms. The molecule has 0 spiro atoms. The van der Waals surface area contributed by atoms with E-state index in [9.17, 15) is 8.42 Å². The van der Waals surface area contributed by atoms with E-state index in [1.165, 1.54) is 16.9 Å². The molecule has 6 nitrogen and oxygen atoms in total. The standard InChI is InChI=1S/C12H18N4O2S2/c1-3-16(20(2,17)18)7-4-6-13-12-11-10(5-8-19-11)14-9-15-12/h5,8-9H,3-4,6-7H2,1-2H3,(H,13,14,15). The van der Waals surface area contributed by atoms with Crippen LogP contribution in [-0.4, -0.2) is 48.6 Å². The van der Waals surface area contributed by atoms with Gasteiger partial charge in [-0.1, -0.05) is 6.92 Å². The minimum atomic E-state index is -3.10. The Morgan fingerprint density at radius 1 is 1.40 bits per heavy atom. The van der Waals surface area contributed by atoms with Crippen molar-refractivity contribution in [2.24, 2.45) is 0 Å². The molecule has 8 heteroatoms. The summed E-state index contributed by atoms with van der Waals surface area (Å²) in [5, 5.41) is 5.22. The molecule has 2 aromatic rings. The Morgan fingerprint density at radius 3 is 2.90 bits per heavy atom. The maximum atomic E-state index is 11.5. The summed E-state index contributed by atoms with van der Waals surface area (Å²) in [6.07, 6.45) is 3.51. The van der Waals surface area contributed by atoms with Gasteiger partial charge in [0.1, 0.15) is 12.1 Å². The van der Waals surface area contributed by atoms with Gasteiger partial charge < -0.3 is 5.32 Å². The Kier molecular flexibility index (Phi) is 4.90. The van der Waals surface area contributed by atoms with Gasteiger partial charge in [-0.3, -0.25) is 0 Å². The molecule has 0 saturated heterocycles. The molecular weight excluding hydrogens is 296 g/mol. The summed E-state index contributed by atoms with van der Waals surface area (Å²) in [5.74, 6) is 0.812. The Labute approximate surface area is 122 Å². The normalized spacial score (nSPS) is 12.2. The molecule has 0 aliphatic heterocycles. The molecule has 0 unspecified atom stereocenters. The number of rotatable bonds is 7. The second-order valence-corrected chi connectivity index (χ2v) is 7.29. The van der Waals surface area contributed by atoms with E-state index in [1.54, 1.807) is 11.3 Å². The zero-order valence-electron chi connectivity index (χ0n) is 11.5. The second-order valence-electron chi connectivity index (χ2n) is 4.39. The first-order valence-electron chi connectivity index (χ1n) is 6.39. The van der Waals surface area contributed by atoms with Crippen molar-refractivity contribution in [3.05, 3.63) is 17.8 Å². The third-order valence-electron chi connectivity index (χ3n) is 2.94. The Morgan fingerprint density at radius 2 is 2.20 bits per heavy atom. The molecule has 0 aliphatic rings. The highest BCUT2D eigenvalue weighted by Gasteiger charge is 2.13. The van der Waals surface area contributed by atoms with Gasteiger partial charge in [0.25, 0.3) is 0 Å². The van der Waals surface area contributed by atoms with Crippen LogP contribution in [0.15, 0.2) is 17.8 Å². The molecule has 0 atom stereocenters. The highest BCUT2D eigenvalue weighted by molar-refractivity contribution is 7.88. The third-order valence-corrected chi connectivity index (χ3v) is 5.23. The maximum absolute atomic E-state index is 11.5. The summed E-state index contributed by atoms with van der Waals surface area (Å²) in [6.45, 7) is 3.53. The fourth-order valence-electron chi connectivity index (χ4n) is 1.94. The van der Waals surface area contributed by atoms with Gasteiger partial charge in [-0.15, -0.1) is 11.3 Å². The lowest BCUT2D eigenvalue weighted by Gasteiger charge is -2.17. The molecular formula is C12H18N4O2S2. The summed E-state index contributed by atoms with van der Waals surface area (Å²) >= 11 is 1.59. The number of sulfonamides is 1. The largest absolute Gasteiger partial charge is 0.369 e. The summed E-state index contributed by atoms with van der Waals surface area (Å²) < 4.78 is 25.4. The highest BCUT2D eigenvalue weighted by Crippen LogP contribution is 2.24. The molecule has 0 aliphatic carbocycles. The number of anilines is 1. The third kappa shape index (κ3) is 3.65. The highest BCUT2D eigenvalue weighted by atomic mass is 32.2. The SMILES string of the molecule is CCN(CCCNc1ncnc2ccsc12)S(C)(=O)=O. The predicted octanol–water partition coefficient (Wildman–Crippen LogP) is 1.77. The number of aromatic nitrogens is 2. The summed E-state index contributed by atoms with van der Waals surface area (Å²) in [4.78, 5) is 8.40. The van der Waals surface area contributed by atoms with Gasteiger partial charge >= 0.3 is 0 Å². The quantitative estimate of drug-likeness (QED) is 0.788. The van der Waals surface area contributed by atoms with Gasteiger partial charge in [-0.25, -0.2) is 22.7 Å². The minimum Gasteiger partial charge on any atom is -0.369 e. The van der Waals surface area contributed by atoms with E-state index >= 15 is 0 Å². The Balaban J connectivity index is 1.89. The van der Waals surface area contributed by atoms with Gasteiger partial charge in [-0.05, 0) is 17.9 Å². The average molecular weight is 314 g/mol. The monoisotopic (exact) mass is 314 g/mol. The van der Waals surface area contributed by atoms with Crippen LogP contribution >= 0.6 is 11.3 Å². The van der Waals surface area contributed by atoms with E-state index < -0.39 is 10.0 Å². The van der Waals surface area contributed by atoms with Crippen molar-refractivity contribution in [3.8, 4) is 0 Å². The number of thiophene rings is 1. The van der Waals surface area contributed by atoms with Crippen LogP contribution in [0.25, 0.3) is 10.2 Å². The molecule has 0 bridgehead atoms. The molecule has 0 fully saturated rings. The summed E-state index contributed by atoms with van der Waals surface area (Å²) in [5.41, 5.74) is 0.929. The molecule has 2 rings (SSSR count). The van der Waals surface area contributed by atoms with Crippen LogP contribution < -0.4 is 5.32 Å². The zero-order chi connectivity index (χ0) is 14.6.